The summed E-state index contributed by atoms with van der Waals surface area (Å²) in [7, 11) is 1.94. The number of nitro groups is 1. The highest BCUT2D eigenvalue weighted by atomic mass is 79.9. The number of benzene rings is 1. The molecule has 0 atom stereocenters. The van der Waals surface area contributed by atoms with Crippen molar-refractivity contribution in [1.82, 2.24) is 14.8 Å². The number of nitro benzene ring substituents is 1. The molecule has 1 aliphatic heterocycles. The van der Waals surface area contributed by atoms with Crippen molar-refractivity contribution in [2.45, 2.75) is 18.8 Å². The Kier molecular flexibility index (Phi) is 4.10. The highest BCUT2D eigenvalue weighted by molar-refractivity contribution is 9.10. The minimum Gasteiger partial charge on any atom is -0.365 e. The summed E-state index contributed by atoms with van der Waals surface area (Å²) < 4.78 is 2.71. The molecule has 3 rings (SSSR count). The second-order valence-electron chi connectivity index (χ2n) is 5.43. The van der Waals surface area contributed by atoms with Gasteiger partial charge in [-0.1, -0.05) is 6.07 Å². The number of aromatic nitrogens is 3. The van der Waals surface area contributed by atoms with Crippen LogP contribution in [-0.2, 0) is 7.05 Å². The zero-order valence-electron chi connectivity index (χ0n) is 12.1. The van der Waals surface area contributed by atoms with Crippen LogP contribution in [0.3, 0.4) is 0 Å². The van der Waals surface area contributed by atoms with Crippen molar-refractivity contribution in [3.8, 4) is 0 Å². The molecule has 0 saturated carbocycles. The SMILES string of the molecule is Cn1cnnc1C1CCN(c2c(Br)cccc2[N+](=O)[O-])CC1. The molecule has 116 valence electrons. The Morgan fingerprint density at radius 2 is 2.09 bits per heavy atom. The maximum atomic E-state index is 11.2. The first-order valence-corrected chi connectivity index (χ1v) is 7.89. The van der Waals surface area contributed by atoms with Gasteiger partial charge in [0, 0.05) is 36.6 Å². The number of anilines is 1. The lowest BCUT2D eigenvalue weighted by Gasteiger charge is -2.33. The van der Waals surface area contributed by atoms with E-state index < -0.39 is 0 Å². The van der Waals surface area contributed by atoms with Crippen LogP contribution in [0.4, 0.5) is 11.4 Å². The quantitative estimate of drug-likeness (QED) is 0.617. The fourth-order valence-corrected chi connectivity index (χ4v) is 3.59. The largest absolute Gasteiger partial charge is 0.365 e. The van der Waals surface area contributed by atoms with E-state index in [1.165, 1.54) is 0 Å². The molecule has 7 nitrogen and oxygen atoms in total. The summed E-state index contributed by atoms with van der Waals surface area (Å²) in [6.45, 7) is 1.53. The lowest BCUT2D eigenvalue weighted by molar-refractivity contribution is -0.384. The van der Waals surface area contributed by atoms with E-state index in [4.69, 9.17) is 0 Å². The highest BCUT2D eigenvalue weighted by Crippen LogP contribution is 2.38. The van der Waals surface area contributed by atoms with Crippen LogP contribution in [0.5, 0.6) is 0 Å². The Balaban J connectivity index is 1.80. The van der Waals surface area contributed by atoms with Gasteiger partial charge in [0.1, 0.15) is 17.8 Å². The van der Waals surface area contributed by atoms with Crippen molar-refractivity contribution in [3.05, 3.63) is 44.9 Å². The molecule has 1 aliphatic rings. The summed E-state index contributed by atoms with van der Waals surface area (Å²) >= 11 is 3.44. The molecule has 8 heteroatoms. The van der Waals surface area contributed by atoms with Gasteiger partial charge in [-0.05, 0) is 34.8 Å². The molecule has 1 saturated heterocycles. The Morgan fingerprint density at radius 1 is 1.36 bits per heavy atom. The normalized spacial score (nSPS) is 16.0. The van der Waals surface area contributed by atoms with Crippen molar-refractivity contribution in [2.24, 2.45) is 7.05 Å². The van der Waals surface area contributed by atoms with Gasteiger partial charge in [-0.25, -0.2) is 0 Å². The summed E-state index contributed by atoms with van der Waals surface area (Å²) in [5.41, 5.74) is 0.815. The molecule has 1 fully saturated rings. The van der Waals surface area contributed by atoms with Crippen molar-refractivity contribution in [3.63, 3.8) is 0 Å². The van der Waals surface area contributed by atoms with Crippen LogP contribution in [0.2, 0.25) is 0 Å². The van der Waals surface area contributed by atoms with Crippen LogP contribution >= 0.6 is 15.9 Å². The first kappa shape index (κ1) is 15.0. The van der Waals surface area contributed by atoms with Crippen LogP contribution in [0.15, 0.2) is 29.0 Å². The van der Waals surface area contributed by atoms with Crippen LogP contribution in [0, 0.1) is 10.1 Å². The molecular weight excluding hydrogens is 350 g/mol. The molecule has 0 aliphatic carbocycles. The minimum absolute atomic E-state index is 0.145. The molecule has 2 aromatic rings. The number of para-hydroxylation sites is 1. The van der Waals surface area contributed by atoms with E-state index in [1.807, 2.05) is 17.7 Å². The molecule has 0 radical (unpaired) electrons. The molecule has 0 bridgehead atoms. The minimum atomic E-state index is -0.325. The van der Waals surface area contributed by atoms with Crippen molar-refractivity contribution in [2.75, 3.05) is 18.0 Å². The summed E-state index contributed by atoms with van der Waals surface area (Å²) in [5.74, 6) is 1.34. The van der Waals surface area contributed by atoms with Gasteiger partial charge in [0.25, 0.3) is 5.69 Å². The Morgan fingerprint density at radius 3 is 2.68 bits per heavy atom. The van der Waals surface area contributed by atoms with Gasteiger partial charge in [-0.2, -0.15) is 0 Å². The summed E-state index contributed by atoms with van der Waals surface area (Å²) in [6, 6.07) is 5.09. The van der Waals surface area contributed by atoms with Gasteiger partial charge in [0.15, 0.2) is 0 Å². The third kappa shape index (κ3) is 2.70. The van der Waals surface area contributed by atoms with Gasteiger partial charge >= 0.3 is 0 Å². The standard InChI is InChI=1S/C14H16BrN5O2/c1-18-9-16-17-14(18)10-5-7-19(8-6-10)13-11(15)3-2-4-12(13)20(21)22/h2-4,9-10H,5-8H2,1H3. The number of rotatable bonds is 3. The van der Waals surface area contributed by atoms with Crippen LogP contribution < -0.4 is 4.90 Å². The van der Waals surface area contributed by atoms with Crippen LogP contribution in [0.25, 0.3) is 0 Å². The van der Waals surface area contributed by atoms with E-state index in [-0.39, 0.29) is 10.6 Å². The van der Waals surface area contributed by atoms with Gasteiger partial charge in [-0.3, -0.25) is 10.1 Å². The molecule has 0 spiro atoms. The van der Waals surface area contributed by atoms with Crippen molar-refractivity contribution in [1.29, 1.82) is 0 Å². The fraction of sp³-hybridized carbons (Fsp3) is 0.429. The summed E-state index contributed by atoms with van der Waals surface area (Å²) in [6.07, 6.45) is 3.52. The number of nitrogens with zero attached hydrogens (tertiary/aromatic N) is 5. The van der Waals surface area contributed by atoms with Gasteiger partial charge in [0.2, 0.25) is 0 Å². The van der Waals surface area contributed by atoms with Gasteiger partial charge in [0.05, 0.1) is 4.92 Å². The van der Waals surface area contributed by atoms with E-state index in [2.05, 4.69) is 31.0 Å². The Labute approximate surface area is 136 Å². The molecule has 0 amide bonds. The number of halogens is 1. The fourth-order valence-electron chi connectivity index (χ4n) is 2.99. The summed E-state index contributed by atoms with van der Waals surface area (Å²) in [5, 5.41) is 19.4. The third-order valence-corrected chi connectivity index (χ3v) is 4.72. The average molecular weight is 366 g/mol. The second-order valence-corrected chi connectivity index (χ2v) is 6.28. The van der Waals surface area contributed by atoms with Crippen molar-refractivity contribution >= 4 is 27.3 Å². The third-order valence-electron chi connectivity index (χ3n) is 4.08. The summed E-state index contributed by atoms with van der Waals surface area (Å²) in [4.78, 5) is 13.0. The van der Waals surface area contributed by atoms with Crippen LogP contribution in [-0.4, -0.2) is 32.8 Å². The number of hydrogen-bond donors (Lipinski definition) is 0. The highest BCUT2D eigenvalue weighted by Gasteiger charge is 2.28. The van der Waals surface area contributed by atoms with E-state index >= 15 is 0 Å². The first-order chi connectivity index (χ1) is 10.6. The number of piperidine rings is 1. The Bertz CT molecular complexity index is 694. The molecule has 1 aromatic heterocycles. The zero-order chi connectivity index (χ0) is 15.7. The number of hydrogen-bond acceptors (Lipinski definition) is 5. The Hall–Kier alpha value is -1.96. The lowest BCUT2D eigenvalue weighted by atomic mass is 9.95. The topological polar surface area (TPSA) is 77.1 Å². The predicted octanol–water partition coefficient (Wildman–Crippen LogP) is 2.87. The molecule has 0 N–H and O–H groups in total. The van der Waals surface area contributed by atoms with Crippen LogP contribution in [0.1, 0.15) is 24.6 Å². The number of aryl methyl sites for hydroxylation is 1. The van der Waals surface area contributed by atoms with E-state index in [9.17, 15) is 10.1 Å². The molecule has 0 unspecified atom stereocenters. The predicted molar refractivity (Wildman–Crippen MR) is 86.0 cm³/mol. The van der Waals surface area contributed by atoms with E-state index in [0.29, 0.717) is 11.6 Å². The smallest absolute Gasteiger partial charge is 0.293 e. The molecule has 1 aromatic carbocycles. The molecular formula is C14H16BrN5O2. The zero-order valence-corrected chi connectivity index (χ0v) is 13.7. The first-order valence-electron chi connectivity index (χ1n) is 7.09. The molecule has 22 heavy (non-hydrogen) atoms. The maximum Gasteiger partial charge on any atom is 0.293 e. The lowest BCUT2D eigenvalue weighted by Crippen LogP contribution is -2.34. The van der Waals surface area contributed by atoms with Gasteiger partial charge < -0.3 is 9.47 Å². The van der Waals surface area contributed by atoms with Gasteiger partial charge in [-0.15, -0.1) is 10.2 Å². The second kappa shape index (κ2) is 6.04. The monoisotopic (exact) mass is 365 g/mol. The average Bonchev–Trinajstić information content (AvgIpc) is 2.93. The van der Waals surface area contributed by atoms with E-state index in [0.717, 1.165) is 36.2 Å². The maximum absolute atomic E-state index is 11.2. The molecule has 2 heterocycles. The van der Waals surface area contributed by atoms with E-state index in [1.54, 1.807) is 18.5 Å². The van der Waals surface area contributed by atoms with Crippen molar-refractivity contribution < 1.29 is 4.92 Å².